The smallest absolute Gasteiger partial charge is 0.175 e. The highest BCUT2D eigenvalue weighted by atomic mass is 79.9. The minimum absolute atomic E-state index is 0.0835. The van der Waals surface area contributed by atoms with Crippen LogP contribution in [-0.2, 0) is 0 Å². The maximum Gasteiger partial charge on any atom is 0.175 e. The highest BCUT2D eigenvalue weighted by Crippen LogP contribution is 2.37. The van der Waals surface area contributed by atoms with Crippen molar-refractivity contribution >= 4 is 54.5 Å². The summed E-state index contributed by atoms with van der Waals surface area (Å²) in [4.78, 5) is 12.6. The summed E-state index contributed by atoms with van der Waals surface area (Å²) in [7, 11) is 0. The van der Waals surface area contributed by atoms with E-state index in [0.717, 1.165) is 8.66 Å². The number of hydrogen-bond acceptors (Lipinski definition) is 3. The summed E-state index contributed by atoms with van der Waals surface area (Å²) in [5.74, 6) is 0.323. The van der Waals surface area contributed by atoms with Crippen molar-refractivity contribution in [2.75, 3.05) is 0 Å². The number of rotatable bonds is 2. The Hall–Kier alpha value is -0.190. The molecule has 0 atom stereocenters. The van der Waals surface area contributed by atoms with Crippen molar-refractivity contribution in [1.82, 2.24) is 0 Å². The van der Waals surface area contributed by atoms with E-state index in [9.17, 15) is 4.79 Å². The van der Waals surface area contributed by atoms with Gasteiger partial charge in [0, 0.05) is 16.7 Å². The molecule has 0 saturated heterocycles. The van der Waals surface area contributed by atoms with Crippen molar-refractivity contribution in [3.05, 3.63) is 20.1 Å². The Morgan fingerprint density at radius 3 is 2.79 bits per heavy atom. The Balaban J connectivity index is 2.50. The highest BCUT2D eigenvalue weighted by Gasteiger charge is 2.15. The molecule has 2 heterocycles. The number of ketones is 1. The fraction of sp³-hybridized carbons (Fsp3) is 0.300. The second-order valence-corrected chi connectivity index (χ2v) is 6.67. The van der Waals surface area contributed by atoms with Gasteiger partial charge in [-0.2, -0.15) is 0 Å². The molecular formula is C10H9BrOS2. The maximum atomic E-state index is 11.7. The van der Waals surface area contributed by atoms with Crippen LogP contribution in [0.4, 0.5) is 0 Å². The minimum Gasteiger partial charge on any atom is -0.293 e. The average Bonchev–Trinajstić information content (AvgIpc) is 2.67. The number of thiophene rings is 2. The predicted molar refractivity (Wildman–Crippen MR) is 66.6 cm³/mol. The number of hydrogen-bond donors (Lipinski definition) is 0. The molecule has 0 unspecified atom stereocenters. The Kier molecular flexibility index (Phi) is 2.77. The van der Waals surface area contributed by atoms with E-state index in [4.69, 9.17) is 0 Å². The van der Waals surface area contributed by atoms with Crippen molar-refractivity contribution in [2.24, 2.45) is 5.92 Å². The average molecular weight is 289 g/mol. The fourth-order valence-electron chi connectivity index (χ4n) is 1.22. The van der Waals surface area contributed by atoms with Gasteiger partial charge in [0.15, 0.2) is 5.78 Å². The van der Waals surface area contributed by atoms with Crippen LogP contribution in [0.1, 0.15) is 23.5 Å². The van der Waals surface area contributed by atoms with Crippen LogP contribution in [0.2, 0.25) is 0 Å². The molecule has 0 aromatic carbocycles. The third-order valence-corrected chi connectivity index (χ3v) is 5.31. The van der Waals surface area contributed by atoms with E-state index in [1.54, 1.807) is 22.7 Å². The topological polar surface area (TPSA) is 17.1 Å². The molecule has 14 heavy (non-hydrogen) atoms. The van der Waals surface area contributed by atoms with Crippen LogP contribution in [0.15, 0.2) is 15.2 Å². The lowest BCUT2D eigenvalue weighted by Crippen LogP contribution is -2.04. The zero-order valence-corrected chi connectivity index (χ0v) is 11.1. The molecule has 1 nitrogen and oxygen atoms in total. The first kappa shape index (κ1) is 10.3. The third kappa shape index (κ3) is 1.66. The fourth-order valence-corrected chi connectivity index (χ4v) is 4.02. The molecule has 0 saturated carbocycles. The van der Waals surface area contributed by atoms with Crippen molar-refractivity contribution in [3.8, 4) is 0 Å². The van der Waals surface area contributed by atoms with Crippen LogP contribution in [-0.4, -0.2) is 5.78 Å². The van der Waals surface area contributed by atoms with Gasteiger partial charge in [-0.05, 0) is 22.0 Å². The molecule has 0 amide bonds. The number of carbonyl (C=O) groups excluding carboxylic acids is 1. The van der Waals surface area contributed by atoms with E-state index in [2.05, 4.69) is 21.3 Å². The second-order valence-electron chi connectivity index (χ2n) is 3.42. The zero-order valence-electron chi connectivity index (χ0n) is 7.83. The molecular weight excluding hydrogens is 280 g/mol. The molecule has 0 aliphatic heterocycles. The van der Waals surface area contributed by atoms with Gasteiger partial charge < -0.3 is 0 Å². The predicted octanol–water partition coefficient (Wildman–Crippen LogP) is 4.56. The lowest BCUT2D eigenvalue weighted by molar-refractivity contribution is 0.0943. The maximum absolute atomic E-state index is 11.7. The second kappa shape index (κ2) is 3.76. The van der Waals surface area contributed by atoms with E-state index in [-0.39, 0.29) is 11.7 Å². The summed E-state index contributed by atoms with van der Waals surface area (Å²) in [6.07, 6.45) is 0. The number of carbonyl (C=O) groups is 1. The van der Waals surface area contributed by atoms with Gasteiger partial charge in [0.05, 0.1) is 13.4 Å². The monoisotopic (exact) mass is 288 g/mol. The summed E-state index contributed by atoms with van der Waals surface area (Å²) < 4.78 is 2.32. The molecule has 4 heteroatoms. The van der Waals surface area contributed by atoms with Crippen LogP contribution in [0.25, 0.3) is 10.1 Å². The quantitative estimate of drug-likeness (QED) is 0.740. The van der Waals surface area contributed by atoms with Crippen LogP contribution in [0.5, 0.6) is 0 Å². The van der Waals surface area contributed by atoms with Crippen molar-refractivity contribution < 1.29 is 4.79 Å². The van der Waals surface area contributed by atoms with Gasteiger partial charge in [0.25, 0.3) is 0 Å². The Morgan fingerprint density at radius 1 is 1.50 bits per heavy atom. The molecule has 2 rings (SSSR count). The van der Waals surface area contributed by atoms with E-state index in [1.165, 1.54) is 10.1 Å². The van der Waals surface area contributed by atoms with Gasteiger partial charge in [-0.1, -0.05) is 13.8 Å². The van der Waals surface area contributed by atoms with Gasteiger partial charge in [-0.15, -0.1) is 22.7 Å². The molecule has 2 aromatic heterocycles. The van der Waals surface area contributed by atoms with Crippen molar-refractivity contribution in [3.63, 3.8) is 0 Å². The van der Waals surface area contributed by atoms with E-state index in [0.29, 0.717) is 0 Å². The van der Waals surface area contributed by atoms with Gasteiger partial charge >= 0.3 is 0 Å². The standard InChI is InChI=1S/C10H9BrOS2/c1-5(2)8(12)7-3-6-4-13-10(11)9(6)14-7/h3-5H,1-2H3. The summed E-state index contributed by atoms with van der Waals surface area (Å²) in [6, 6.07) is 1.99. The summed E-state index contributed by atoms with van der Waals surface area (Å²) in [6.45, 7) is 3.87. The first-order valence-corrected chi connectivity index (χ1v) is 6.79. The van der Waals surface area contributed by atoms with Gasteiger partial charge in [0.2, 0.25) is 0 Å². The van der Waals surface area contributed by atoms with Crippen molar-refractivity contribution in [2.45, 2.75) is 13.8 Å². The van der Waals surface area contributed by atoms with E-state index < -0.39 is 0 Å². The summed E-state index contributed by atoms with van der Waals surface area (Å²) in [5, 5.41) is 3.25. The highest BCUT2D eigenvalue weighted by molar-refractivity contribution is 9.11. The normalized spacial score (nSPS) is 11.4. The molecule has 74 valence electrons. The van der Waals surface area contributed by atoms with Crippen molar-refractivity contribution in [1.29, 1.82) is 0 Å². The van der Waals surface area contributed by atoms with Gasteiger partial charge in [-0.3, -0.25) is 4.79 Å². The first-order chi connectivity index (χ1) is 6.59. The van der Waals surface area contributed by atoms with Crippen LogP contribution >= 0.6 is 38.6 Å². The largest absolute Gasteiger partial charge is 0.293 e. The van der Waals surface area contributed by atoms with Gasteiger partial charge in [-0.25, -0.2) is 0 Å². The van der Waals surface area contributed by atoms with Gasteiger partial charge in [0.1, 0.15) is 0 Å². The zero-order chi connectivity index (χ0) is 10.3. The third-order valence-electron chi connectivity index (χ3n) is 2.00. The molecule has 0 N–H and O–H groups in total. The molecule has 0 bridgehead atoms. The van der Waals surface area contributed by atoms with Crippen LogP contribution in [0, 0.1) is 5.92 Å². The lowest BCUT2D eigenvalue weighted by atomic mass is 10.1. The number of halogens is 1. The molecule has 2 aromatic rings. The minimum atomic E-state index is 0.0835. The van der Waals surface area contributed by atoms with E-state index >= 15 is 0 Å². The number of Topliss-reactive ketones (excluding diaryl/α,β-unsaturated/α-hetero) is 1. The Bertz CT molecular complexity index is 481. The van der Waals surface area contributed by atoms with Crippen LogP contribution in [0.3, 0.4) is 0 Å². The van der Waals surface area contributed by atoms with Crippen LogP contribution < -0.4 is 0 Å². The Labute approximate surface area is 98.9 Å². The van der Waals surface area contributed by atoms with E-state index in [1.807, 2.05) is 19.9 Å². The number of fused-ring (bicyclic) bond motifs is 1. The molecule has 0 fully saturated rings. The molecule has 0 aliphatic carbocycles. The SMILES string of the molecule is CC(C)C(=O)c1cc2csc(Br)c2s1. The summed E-state index contributed by atoms with van der Waals surface area (Å²) >= 11 is 6.73. The molecule has 0 spiro atoms. The molecule has 0 radical (unpaired) electrons. The summed E-state index contributed by atoms with van der Waals surface area (Å²) in [5.41, 5.74) is 0. The lowest BCUT2D eigenvalue weighted by Gasteiger charge is -1.98. The first-order valence-electron chi connectivity index (χ1n) is 4.30. The Morgan fingerprint density at radius 2 is 2.21 bits per heavy atom. The molecule has 0 aliphatic rings.